The minimum absolute atomic E-state index is 0.0482. The summed E-state index contributed by atoms with van der Waals surface area (Å²) < 4.78 is 10.2. The Morgan fingerprint density at radius 1 is 0.955 bits per heavy atom. The van der Waals surface area contributed by atoms with Gasteiger partial charge < -0.3 is 19.7 Å². The smallest absolute Gasteiger partial charge is 0.335 e. The summed E-state index contributed by atoms with van der Waals surface area (Å²) in [6.45, 7) is 0. The molecule has 0 radical (unpaired) electrons. The number of benzene rings is 2. The molecule has 0 aliphatic carbocycles. The molecule has 0 aromatic heterocycles. The number of rotatable bonds is 5. The molecule has 0 unspecified atom stereocenters. The van der Waals surface area contributed by atoms with Gasteiger partial charge in [-0.1, -0.05) is 24.3 Å². The summed E-state index contributed by atoms with van der Waals surface area (Å²) in [5.41, 5.74) is 1.88. The van der Waals surface area contributed by atoms with Crippen molar-refractivity contribution < 1.29 is 24.5 Å². The maximum absolute atomic E-state index is 10.8. The highest BCUT2D eigenvalue weighted by Crippen LogP contribution is 2.37. The van der Waals surface area contributed by atoms with Crippen LogP contribution in [0.1, 0.15) is 21.5 Å². The number of hydrogen-bond acceptors (Lipinski definition) is 4. The van der Waals surface area contributed by atoms with E-state index in [4.69, 9.17) is 14.6 Å². The summed E-state index contributed by atoms with van der Waals surface area (Å²) in [6, 6.07) is 9.88. The number of ether oxygens (including phenoxy) is 2. The number of carboxylic acid groups (broad SMARTS) is 1. The van der Waals surface area contributed by atoms with Crippen molar-refractivity contribution in [3.05, 3.63) is 53.1 Å². The van der Waals surface area contributed by atoms with Crippen LogP contribution in [0.5, 0.6) is 17.2 Å². The summed E-state index contributed by atoms with van der Waals surface area (Å²) >= 11 is 0. The summed E-state index contributed by atoms with van der Waals surface area (Å²) in [5, 5.41) is 18.7. The third-order valence-corrected chi connectivity index (χ3v) is 3.13. The third kappa shape index (κ3) is 3.38. The van der Waals surface area contributed by atoms with E-state index in [1.165, 1.54) is 14.2 Å². The first-order valence-electron chi connectivity index (χ1n) is 6.51. The first kappa shape index (κ1) is 15.4. The van der Waals surface area contributed by atoms with E-state index in [9.17, 15) is 9.90 Å². The Hall–Kier alpha value is -2.95. The molecule has 0 bridgehead atoms. The maximum Gasteiger partial charge on any atom is 0.335 e. The molecule has 5 heteroatoms. The van der Waals surface area contributed by atoms with Crippen LogP contribution < -0.4 is 9.47 Å². The molecule has 5 nitrogen and oxygen atoms in total. The van der Waals surface area contributed by atoms with Gasteiger partial charge in [0.2, 0.25) is 5.75 Å². The second kappa shape index (κ2) is 6.67. The molecule has 0 saturated carbocycles. The fourth-order valence-corrected chi connectivity index (χ4v) is 1.94. The highest BCUT2D eigenvalue weighted by atomic mass is 16.5. The van der Waals surface area contributed by atoms with Gasteiger partial charge in [-0.2, -0.15) is 0 Å². The zero-order valence-corrected chi connectivity index (χ0v) is 12.2. The number of carboxylic acids is 1. The van der Waals surface area contributed by atoms with Crippen LogP contribution in [-0.4, -0.2) is 30.4 Å². The largest absolute Gasteiger partial charge is 0.502 e. The minimum atomic E-state index is -0.955. The van der Waals surface area contributed by atoms with Gasteiger partial charge in [0, 0.05) is 0 Å². The first-order valence-corrected chi connectivity index (χ1v) is 6.51. The molecule has 2 N–H and O–H groups in total. The number of aromatic carboxylic acids is 1. The van der Waals surface area contributed by atoms with Crippen molar-refractivity contribution in [2.45, 2.75) is 0 Å². The molecule has 0 amide bonds. The van der Waals surface area contributed by atoms with Crippen LogP contribution in [0.2, 0.25) is 0 Å². The fraction of sp³-hybridized carbons (Fsp3) is 0.118. The van der Waals surface area contributed by atoms with Gasteiger partial charge in [0.1, 0.15) is 0 Å². The van der Waals surface area contributed by atoms with Crippen LogP contribution in [-0.2, 0) is 0 Å². The van der Waals surface area contributed by atoms with Crippen molar-refractivity contribution in [3.8, 4) is 17.2 Å². The molecule has 2 rings (SSSR count). The van der Waals surface area contributed by atoms with Gasteiger partial charge in [-0.25, -0.2) is 4.79 Å². The lowest BCUT2D eigenvalue weighted by atomic mass is 10.1. The van der Waals surface area contributed by atoms with E-state index in [0.29, 0.717) is 11.5 Å². The molecule has 2 aromatic carbocycles. The Bertz CT molecular complexity index is 676. The number of methoxy groups -OCH3 is 2. The van der Waals surface area contributed by atoms with Crippen LogP contribution in [0.4, 0.5) is 0 Å². The standard InChI is InChI=1S/C17H16O5/c1-21-14-9-12(10-15(22-2)16(14)18)4-3-11-5-7-13(8-6-11)17(19)20/h3-10,18H,1-2H3,(H,19,20)/b4-3+. The quantitative estimate of drug-likeness (QED) is 0.829. The number of aromatic hydroxyl groups is 1. The van der Waals surface area contributed by atoms with Crippen molar-refractivity contribution in [3.63, 3.8) is 0 Å². The molecular weight excluding hydrogens is 284 g/mol. The molecule has 22 heavy (non-hydrogen) atoms. The normalized spacial score (nSPS) is 10.6. The van der Waals surface area contributed by atoms with Crippen molar-refractivity contribution in [1.29, 1.82) is 0 Å². The molecule has 0 saturated heterocycles. The average Bonchev–Trinajstić information content (AvgIpc) is 2.54. The van der Waals surface area contributed by atoms with Crippen molar-refractivity contribution in [2.75, 3.05) is 14.2 Å². The second-order valence-corrected chi connectivity index (χ2v) is 4.53. The van der Waals surface area contributed by atoms with Gasteiger partial charge in [0.25, 0.3) is 0 Å². The molecule has 0 spiro atoms. The predicted molar refractivity (Wildman–Crippen MR) is 83.5 cm³/mol. The first-order chi connectivity index (χ1) is 10.5. The number of carbonyl (C=O) groups is 1. The zero-order valence-electron chi connectivity index (χ0n) is 12.2. The van der Waals surface area contributed by atoms with Crippen LogP contribution >= 0.6 is 0 Å². The molecule has 0 atom stereocenters. The van der Waals surface area contributed by atoms with E-state index < -0.39 is 5.97 Å². The molecule has 0 aliphatic rings. The zero-order chi connectivity index (χ0) is 16.1. The Labute approximate surface area is 128 Å². The van der Waals surface area contributed by atoms with Crippen LogP contribution in [0.3, 0.4) is 0 Å². The van der Waals surface area contributed by atoms with Gasteiger partial charge in [0.05, 0.1) is 19.8 Å². The molecule has 2 aromatic rings. The van der Waals surface area contributed by atoms with Gasteiger partial charge in [-0.3, -0.25) is 0 Å². The second-order valence-electron chi connectivity index (χ2n) is 4.53. The van der Waals surface area contributed by atoms with Crippen molar-refractivity contribution in [2.24, 2.45) is 0 Å². The SMILES string of the molecule is COc1cc(/C=C/c2ccc(C(=O)O)cc2)cc(OC)c1O. The Morgan fingerprint density at radius 3 is 1.91 bits per heavy atom. The lowest BCUT2D eigenvalue weighted by molar-refractivity contribution is 0.0697. The van der Waals surface area contributed by atoms with E-state index in [2.05, 4.69) is 0 Å². The Morgan fingerprint density at radius 2 is 1.45 bits per heavy atom. The third-order valence-electron chi connectivity index (χ3n) is 3.13. The molecular formula is C17H16O5. The lowest BCUT2D eigenvalue weighted by Gasteiger charge is -2.09. The van der Waals surface area contributed by atoms with Crippen molar-refractivity contribution in [1.82, 2.24) is 0 Å². The van der Waals surface area contributed by atoms with E-state index in [-0.39, 0.29) is 11.3 Å². The van der Waals surface area contributed by atoms with Crippen LogP contribution in [0, 0.1) is 0 Å². The van der Waals surface area contributed by atoms with Crippen LogP contribution in [0.15, 0.2) is 36.4 Å². The fourth-order valence-electron chi connectivity index (χ4n) is 1.94. The lowest BCUT2D eigenvalue weighted by Crippen LogP contribution is -1.94. The van der Waals surface area contributed by atoms with E-state index >= 15 is 0 Å². The Kier molecular flexibility index (Phi) is 4.68. The van der Waals surface area contributed by atoms with Crippen LogP contribution in [0.25, 0.3) is 12.2 Å². The summed E-state index contributed by atoms with van der Waals surface area (Å²) in [6.07, 6.45) is 3.65. The maximum atomic E-state index is 10.8. The predicted octanol–water partition coefficient (Wildman–Crippen LogP) is 3.28. The summed E-state index contributed by atoms with van der Waals surface area (Å²) in [4.78, 5) is 10.8. The average molecular weight is 300 g/mol. The molecule has 114 valence electrons. The summed E-state index contributed by atoms with van der Waals surface area (Å²) in [5.74, 6) is -0.364. The van der Waals surface area contributed by atoms with E-state index in [1.807, 2.05) is 12.2 Å². The summed E-state index contributed by atoms with van der Waals surface area (Å²) in [7, 11) is 2.93. The topological polar surface area (TPSA) is 76.0 Å². The molecule has 0 aliphatic heterocycles. The van der Waals surface area contributed by atoms with Gasteiger partial charge in [0.15, 0.2) is 11.5 Å². The number of hydrogen-bond donors (Lipinski definition) is 2. The molecule has 0 heterocycles. The highest BCUT2D eigenvalue weighted by Gasteiger charge is 2.09. The highest BCUT2D eigenvalue weighted by molar-refractivity contribution is 5.88. The van der Waals surface area contributed by atoms with E-state index in [1.54, 1.807) is 36.4 Å². The van der Waals surface area contributed by atoms with Crippen molar-refractivity contribution >= 4 is 18.1 Å². The van der Waals surface area contributed by atoms with Gasteiger partial charge in [-0.05, 0) is 35.4 Å². The monoisotopic (exact) mass is 300 g/mol. The number of phenols is 1. The Balaban J connectivity index is 2.27. The van der Waals surface area contributed by atoms with Gasteiger partial charge in [-0.15, -0.1) is 0 Å². The van der Waals surface area contributed by atoms with Gasteiger partial charge >= 0.3 is 5.97 Å². The number of phenolic OH excluding ortho intramolecular Hbond substituents is 1. The van der Waals surface area contributed by atoms with E-state index in [0.717, 1.165) is 11.1 Å². The molecule has 0 fully saturated rings. The minimum Gasteiger partial charge on any atom is -0.502 e.